The number of aliphatic hydroxyl groups is 1. The molecular formula is C29H31BrN2O7S. The minimum Gasteiger partial charge on any atom is -0.497 e. The molecule has 2 atom stereocenters. The number of nitrogens with one attached hydrogen (secondary N) is 1. The highest BCUT2D eigenvalue weighted by Gasteiger charge is 2.30. The number of anilines is 1. The van der Waals surface area contributed by atoms with Gasteiger partial charge in [-0.3, -0.25) is 4.79 Å². The molecule has 0 saturated carbocycles. The molecule has 3 aromatic rings. The molecule has 0 saturated heterocycles. The Balaban J connectivity index is 1.46. The van der Waals surface area contributed by atoms with E-state index in [1.807, 2.05) is 42.5 Å². The lowest BCUT2D eigenvalue weighted by molar-refractivity contribution is -0.143. The van der Waals surface area contributed by atoms with Crippen LogP contribution in [-0.4, -0.2) is 63.4 Å². The smallest absolute Gasteiger partial charge is 0.290 e. The summed E-state index contributed by atoms with van der Waals surface area (Å²) in [6.45, 7) is -0.490. The van der Waals surface area contributed by atoms with Crippen molar-refractivity contribution >= 4 is 37.5 Å². The van der Waals surface area contributed by atoms with Gasteiger partial charge >= 0.3 is 0 Å². The minimum atomic E-state index is -3.89. The number of hydrogen-bond acceptors (Lipinski definition) is 7. The number of nitrogens with zero attached hydrogens (tertiary/aromatic N) is 1. The number of allylic oxidation sites excluding steroid dienone is 1. The van der Waals surface area contributed by atoms with Crippen LogP contribution in [0, 0.1) is 0 Å². The van der Waals surface area contributed by atoms with E-state index < -0.39 is 22.2 Å². The molecule has 0 aromatic heterocycles. The fourth-order valence-electron chi connectivity index (χ4n) is 4.22. The van der Waals surface area contributed by atoms with Crippen molar-refractivity contribution in [3.05, 3.63) is 101 Å². The summed E-state index contributed by atoms with van der Waals surface area (Å²) in [4.78, 5) is 13.1. The summed E-state index contributed by atoms with van der Waals surface area (Å²) in [5, 5.41) is 12.4. The van der Waals surface area contributed by atoms with Crippen LogP contribution in [0.25, 0.3) is 0 Å². The molecule has 2 N–H and O–H groups in total. The van der Waals surface area contributed by atoms with Crippen LogP contribution >= 0.6 is 15.9 Å². The van der Waals surface area contributed by atoms with Gasteiger partial charge in [-0.2, -0.15) is 4.31 Å². The predicted octanol–water partition coefficient (Wildman–Crippen LogP) is 4.51. The SMILES string of the molecule is COc1ccc(S(=O)(=O)N(CCO)CCO[C@H]2C[C@@H](c3ccc(Br)cc3)C=C(C(=O)Nc3ccccc3)O2)cc1. The van der Waals surface area contributed by atoms with Gasteiger partial charge in [0.05, 0.1) is 25.2 Å². The van der Waals surface area contributed by atoms with Gasteiger partial charge in [0.2, 0.25) is 16.3 Å². The Kier molecular flexibility index (Phi) is 10.3. The van der Waals surface area contributed by atoms with Crippen molar-refractivity contribution in [2.24, 2.45) is 0 Å². The molecule has 1 aliphatic rings. The molecule has 3 aromatic carbocycles. The van der Waals surface area contributed by atoms with Crippen molar-refractivity contribution in [2.75, 3.05) is 38.7 Å². The van der Waals surface area contributed by atoms with E-state index in [0.717, 1.165) is 14.3 Å². The Morgan fingerprint density at radius 2 is 1.75 bits per heavy atom. The van der Waals surface area contributed by atoms with Crippen LogP contribution < -0.4 is 10.1 Å². The Bertz CT molecular complexity index is 1400. The number of aliphatic hydroxyl groups excluding tert-OH is 1. The quantitative estimate of drug-likeness (QED) is 0.303. The molecule has 11 heteroatoms. The summed E-state index contributed by atoms with van der Waals surface area (Å²) in [6.07, 6.45) is 1.40. The van der Waals surface area contributed by atoms with Crippen molar-refractivity contribution in [1.82, 2.24) is 4.31 Å². The molecule has 0 aliphatic carbocycles. The number of carbonyl (C=O) groups excluding carboxylic acids is 1. The van der Waals surface area contributed by atoms with E-state index in [2.05, 4.69) is 21.2 Å². The maximum atomic E-state index is 13.2. The lowest BCUT2D eigenvalue weighted by atomic mass is 9.93. The summed E-state index contributed by atoms with van der Waals surface area (Å²) < 4.78 is 45.5. The molecular weight excluding hydrogens is 600 g/mol. The van der Waals surface area contributed by atoms with Crippen LogP contribution in [0.15, 0.2) is 100 Å². The number of ether oxygens (including phenoxy) is 3. The summed E-state index contributed by atoms with van der Waals surface area (Å²) in [7, 11) is -2.39. The second-order valence-corrected chi connectivity index (χ2v) is 11.8. The van der Waals surface area contributed by atoms with E-state index in [0.29, 0.717) is 17.9 Å². The average Bonchev–Trinajstić information content (AvgIpc) is 2.97. The van der Waals surface area contributed by atoms with E-state index in [-0.39, 0.29) is 42.9 Å². The second kappa shape index (κ2) is 13.9. The number of hydrogen-bond donors (Lipinski definition) is 2. The summed E-state index contributed by atoms with van der Waals surface area (Å²) in [5.74, 6) is 0.0718. The molecule has 40 heavy (non-hydrogen) atoms. The number of benzene rings is 3. The highest BCUT2D eigenvalue weighted by atomic mass is 79.9. The van der Waals surface area contributed by atoms with Gasteiger partial charge < -0.3 is 24.6 Å². The zero-order chi connectivity index (χ0) is 28.5. The molecule has 0 bridgehead atoms. The van der Waals surface area contributed by atoms with Crippen molar-refractivity contribution in [1.29, 1.82) is 0 Å². The zero-order valence-electron chi connectivity index (χ0n) is 21.9. The maximum Gasteiger partial charge on any atom is 0.290 e. The zero-order valence-corrected chi connectivity index (χ0v) is 24.3. The first kappa shape index (κ1) is 29.8. The number of sulfonamides is 1. The van der Waals surface area contributed by atoms with E-state index in [9.17, 15) is 18.3 Å². The van der Waals surface area contributed by atoms with E-state index >= 15 is 0 Å². The molecule has 1 aliphatic heterocycles. The lowest BCUT2D eigenvalue weighted by Crippen LogP contribution is -2.37. The molecule has 0 unspecified atom stereocenters. The van der Waals surface area contributed by atoms with Gasteiger partial charge in [-0.25, -0.2) is 8.42 Å². The van der Waals surface area contributed by atoms with Gasteiger partial charge in [-0.05, 0) is 60.2 Å². The first-order valence-electron chi connectivity index (χ1n) is 12.7. The van der Waals surface area contributed by atoms with Gasteiger partial charge in [0.1, 0.15) is 5.75 Å². The van der Waals surface area contributed by atoms with Crippen LogP contribution in [-0.2, 0) is 24.3 Å². The van der Waals surface area contributed by atoms with Crippen LogP contribution in [0.4, 0.5) is 5.69 Å². The second-order valence-electron chi connectivity index (χ2n) is 8.97. The maximum absolute atomic E-state index is 13.2. The molecule has 9 nitrogen and oxygen atoms in total. The summed E-state index contributed by atoms with van der Waals surface area (Å²) in [6, 6.07) is 22.9. The molecule has 212 valence electrons. The van der Waals surface area contributed by atoms with Crippen LogP contribution in [0.5, 0.6) is 5.75 Å². The number of rotatable bonds is 12. The molecule has 0 fully saturated rings. The fraction of sp³-hybridized carbons (Fsp3) is 0.276. The number of halogens is 1. The van der Waals surface area contributed by atoms with Crippen molar-refractivity contribution in [3.8, 4) is 5.75 Å². The van der Waals surface area contributed by atoms with Gasteiger partial charge in [0.15, 0.2) is 5.76 Å². The van der Waals surface area contributed by atoms with Crippen LogP contribution in [0.1, 0.15) is 17.9 Å². The van der Waals surface area contributed by atoms with E-state index in [4.69, 9.17) is 14.2 Å². The number of amides is 1. The van der Waals surface area contributed by atoms with E-state index in [1.165, 1.54) is 19.2 Å². The molecule has 4 rings (SSSR count). The third-order valence-corrected chi connectivity index (χ3v) is 8.74. The molecule has 0 spiro atoms. The number of para-hydroxylation sites is 1. The third kappa shape index (κ3) is 7.70. The first-order chi connectivity index (χ1) is 19.3. The Hall–Kier alpha value is -3.22. The minimum absolute atomic E-state index is 0.0132. The Morgan fingerprint density at radius 1 is 1.05 bits per heavy atom. The van der Waals surface area contributed by atoms with Crippen molar-refractivity contribution in [2.45, 2.75) is 23.5 Å². The molecule has 1 heterocycles. The monoisotopic (exact) mass is 630 g/mol. The van der Waals surface area contributed by atoms with Crippen LogP contribution in [0.3, 0.4) is 0 Å². The van der Waals surface area contributed by atoms with Gasteiger partial charge in [-0.1, -0.05) is 46.3 Å². The fourth-order valence-corrected chi connectivity index (χ4v) is 5.90. The normalized spacial score (nSPS) is 17.1. The van der Waals surface area contributed by atoms with Gasteiger partial charge in [-0.15, -0.1) is 0 Å². The average molecular weight is 632 g/mol. The third-order valence-electron chi connectivity index (χ3n) is 6.30. The number of methoxy groups -OCH3 is 1. The standard InChI is InChI=1S/C29H31BrN2O7S/c1-37-25-11-13-26(14-12-25)40(35,36)32(15-17-33)16-18-38-28-20-22(21-7-9-23(30)10-8-21)19-27(39-28)29(34)31-24-5-3-2-4-6-24/h2-14,19,22,28,33H,15-18,20H2,1H3,(H,31,34)/t22-,28+/m0/s1. The summed E-state index contributed by atoms with van der Waals surface area (Å²) in [5.41, 5.74) is 1.61. The van der Waals surface area contributed by atoms with Gasteiger partial charge in [0.25, 0.3) is 5.91 Å². The van der Waals surface area contributed by atoms with Crippen LogP contribution in [0.2, 0.25) is 0 Å². The Labute approximate surface area is 242 Å². The Morgan fingerprint density at radius 3 is 2.40 bits per heavy atom. The molecule has 1 amide bonds. The van der Waals surface area contributed by atoms with Crippen molar-refractivity contribution < 1.29 is 32.5 Å². The van der Waals surface area contributed by atoms with Crippen molar-refractivity contribution in [3.63, 3.8) is 0 Å². The first-order valence-corrected chi connectivity index (χ1v) is 14.9. The molecule has 0 radical (unpaired) electrons. The lowest BCUT2D eigenvalue weighted by Gasteiger charge is -2.30. The number of carbonyl (C=O) groups is 1. The highest BCUT2D eigenvalue weighted by molar-refractivity contribution is 9.10. The van der Waals surface area contributed by atoms with Gasteiger partial charge in [0, 0.05) is 35.6 Å². The largest absolute Gasteiger partial charge is 0.497 e. The highest BCUT2D eigenvalue weighted by Crippen LogP contribution is 2.32. The predicted molar refractivity (Wildman–Crippen MR) is 154 cm³/mol. The summed E-state index contributed by atoms with van der Waals surface area (Å²) >= 11 is 3.45. The topological polar surface area (TPSA) is 114 Å². The van der Waals surface area contributed by atoms with E-state index in [1.54, 1.807) is 30.3 Å².